The standard InChI is InChI=1S/C18H16Cl2N4O2S/c1-3-24-17(26)12-6-4-5-7-14(12)22-18(24)27-10(2)16(25)23-15-13(20)8-11(19)9-21-15/h4-10H,3H2,1-2H3,(H,21,23,25). The van der Waals surface area contributed by atoms with E-state index in [1.807, 2.05) is 13.0 Å². The molecule has 3 aromatic rings. The van der Waals surface area contributed by atoms with E-state index in [0.717, 1.165) is 0 Å². The van der Waals surface area contributed by atoms with E-state index in [1.54, 1.807) is 29.7 Å². The molecule has 0 aliphatic rings. The number of nitrogens with zero attached hydrogens (tertiary/aromatic N) is 3. The minimum Gasteiger partial charge on any atom is -0.308 e. The van der Waals surface area contributed by atoms with Crippen molar-refractivity contribution in [1.82, 2.24) is 14.5 Å². The number of benzene rings is 1. The van der Waals surface area contributed by atoms with Crippen LogP contribution in [0.15, 0.2) is 46.5 Å². The normalized spacial score (nSPS) is 12.1. The Bertz CT molecular complexity index is 1070. The maximum atomic E-state index is 12.7. The first-order chi connectivity index (χ1) is 12.9. The van der Waals surface area contributed by atoms with Crippen molar-refractivity contribution in [3.05, 3.63) is 56.9 Å². The number of anilines is 1. The fourth-order valence-corrected chi connectivity index (χ4v) is 3.85. The first-order valence-corrected chi connectivity index (χ1v) is 9.82. The Morgan fingerprint density at radius 3 is 2.78 bits per heavy atom. The summed E-state index contributed by atoms with van der Waals surface area (Å²) in [7, 11) is 0. The van der Waals surface area contributed by atoms with E-state index in [1.165, 1.54) is 24.0 Å². The number of hydrogen-bond donors (Lipinski definition) is 1. The van der Waals surface area contributed by atoms with E-state index in [2.05, 4.69) is 15.3 Å². The molecule has 1 aromatic carbocycles. The van der Waals surface area contributed by atoms with Crippen molar-refractivity contribution in [3.63, 3.8) is 0 Å². The zero-order chi connectivity index (χ0) is 19.6. The summed E-state index contributed by atoms with van der Waals surface area (Å²) in [5, 5.41) is 3.82. The Hall–Kier alpha value is -2.09. The predicted octanol–water partition coefficient (Wildman–Crippen LogP) is 4.24. The van der Waals surface area contributed by atoms with Crippen LogP contribution in [0.2, 0.25) is 10.0 Å². The van der Waals surface area contributed by atoms with Gasteiger partial charge < -0.3 is 5.32 Å². The van der Waals surface area contributed by atoms with Crippen LogP contribution in [-0.4, -0.2) is 25.7 Å². The molecule has 0 fully saturated rings. The zero-order valence-corrected chi connectivity index (χ0v) is 16.9. The highest BCUT2D eigenvalue weighted by atomic mass is 35.5. The van der Waals surface area contributed by atoms with Crippen LogP contribution in [-0.2, 0) is 11.3 Å². The Balaban J connectivity index is 1.85. The predicted molar refractivity (Wildman–Crippen MR) is 110 cm³/mol. The number of halogens is 2. The van der Waals surface area contributed by atoms with Gasteiger partial charge >= 0.3 is 0 Å². The van der Waals surface area contributed by atoms with E-state index in [0.29, 0.717) is 27.6 Å². The van der Waals surface area contributed by atoms with Gasteiger partial charge in [-0.3, -0.25) is 14.2 Å². The van der Waals surface area contributed by atoms with Gasteiger partial charge in [0, 0.05) is 12.7 Å². The molecule has 1 unspecified atom stereocenters. The maximum absolute atomic E-state index is 12.7. The molecule has 0 aliphatic heterocycles. The summed E-state index contributed by atoms with van der Waals surface area (Å²) in [4.78, 5) is 33.8. The van der Waals surface area contributed by atoms with Gasteiger partial charge in [-0.15, -0.1) is 0 Å². The second-order valence-electron chi connectivity index (χ2n) is 5.69. The minimum atomic E-state index is -0.524. The fourth-order valence-electron chi connectivity index (χ4n) is 2.45. The molecule has 0 radical (unpaired) electrons. The molecule has 140 valence electrons. The van der Waals surface area contributed by atoms with Crippen LogP contribution in [0.5, 0.6) is 0 Å². The summed E-state index contributed by atoms with van der Waals surface area (Å²) in [5.74, 6) is -0.0698. The number of para-hydroxylation sites is 1. The van der Waals surface area contributed by atoms with Crippen LogP contribution in [0, 0.1) is 0 Å². The number of hydrogen-bond acceptors (Lipinski definition) is 5. The summed E-state index contributed by atoms with van der Waals surface area (Å²) in [5.41, 5.74) is 0.477. The molecule has 2 aromatic heterocycles. The van der Waals surface area contributed by atoms with Gasteiger partial charge in [-0.1, -0.05) is 47.1 Å². The van der Waals surface area contributed by atoms with Crippen molar-refractivity contribution in [2.75, 3.05) is 5.32 Å². The number of aromatic nitrogens is 3. The van der Waals surface area contributed by atoms with Crippen LogP contribution >= 0.6 is 35.0 Å². The van der Waals surface area contributed by atoms with Crippen molar-refractivity contribution < 1.29 is 4.79 Å². The molecule has 0 aliphatic carbocycles. The molecule has 1 atom stereocenters. The van der Waals surface area contributed by atoms with Crippen molar-refractivity contribution in [2.45, 2.75) is 30.8 Å². The van der Waals surface area contributed by atoms with Crippen LogP contribution in [0.25, 0.3) is 10.9 Å². The molecule has 0 spiro atoms. The number of carbonyl (C=O) groups is 1. The molecule has 0 saturated heterocycles. The molecule has 3 rings (SSSR count). The molecule has 9 heteroatoms. The van der Waals surface area contributed by atoms with Crippen LogP contribution < -0.4 is 10.9 Å². The highest BCUT2D eigenvalue weighted by Crippen LogP contribution is 2.26. The quantitative estimate of drug-likeness (QED) is 0.491. The second kappa shape index (κ2) is 8.29. The number of amides is 1. The van der Waals surface area contributed by atoms with Gasteiger partial charge in [0.1, 0.15) is 0 Å². The monoisotopic (exact) mass is 422 g/mol. The molecule has 0 bridgehead atoms. The maximum Gasteiger partial charge on any atom is 0.262 e. The first-order valence-electron chi connectivity index (χ1n) is 8.19. The van der Waals surface area contributed by atoms with Gasteiger partial charge in [-0.05, 0) is 32.0 Å². The topological polar surface area (TPSA) is 76.9 Å². The Morgan fingerprint density at radius 1 is 1.33 bits per heavy atom. The van der Waals surface area contributed by atoms with Crippen molar-refractivity contribution >= 4 is 57.6 Å². The highest BCUT2D eigenvalue weighted by molar-refractivity contribution is 8.00. The third kappa shape index (κ3) is 4.26. The molecule has 2 heterocycles. The molecule has 0 saturated carbocycles. The largest absolute Gasteiger partial charge is 0.308 e. The van der Waals surface area contributed by atoms with E-state index in [9.17, 15) is 9.59 Å². The third-order valence-electron chi connectivity index (χ3n) is 3.84. The average Bonchev–Trinajstić information content (AvgIpc) is 2.64. The minimum absolute atomic E-state index is 0.124. The lowest BCUT2D eigenvalue weighted by molar-refractivity contribution is -0.115. The summed E-state index contributed by atoms with van der Waals surface area (Å²) in [6.07, 6.45) is 1.40. The number of rotatable bonds is 5. The lowest BCUT2D eigenvalue weighted by atomic mass is 10.2. The van der Waals surface area contributed by atoms with Crippen LogP contribution in [0.4, 0.5) is 5.82 Å². The van der Waals surface area contributed by atoms with Crippen LogP contribution in [0.1, 0.15) is 13.8 Å². The first kappa shape index (κ1) is 19.7. The zero-order valence-electron chi connectivity index (χ0n) is 14.6. The van der Waals surface area contributed by atoms with E-state index in [4.69, 9.17) is 23.2 Å². The van der Waals surface area contributed by atoms with Gasteiger partial charge in [0.05, 0.1) is 26.2 Å². The molecule has 27 heavy (non-hydrogen) atoms. The van der Waals surface area contributed by atoms with Crippen molar-refractivity contribution in [3.8, 4) is 0 Å². The molecule has 6 nitrogen and oxygen atoms in total. The van der Waals surface area contributed by atoms with Gasteiger partial charge in [0.25, 0.3) is 5.56 Å². The van der Waals surface area contributed by atoms with Gasteiger partial charge in [-0.25, -0.2) is 9.97 Å². The summed E-state index contributed by atoms with van der Waals surface area (Å²) >= 11 is 13.1. The molecule has 1 N–H and O–H groups in total. The van der Waals surface area contributed by atoms with Gasteiger partial charge in [0.15, 0.2) is 11.0 Å². The summed E-state index contributed by atoms with van der Waals surface area (Å²) in [6, 6.07) is 8.66. The third-order valence-corrected chi connectivity index (χ3v) is 5.43. The van der Waals surface area contributed by atoms with Crippen molar-refractivity contribution in [1.29, 1.82) is 0 Å². The Labute approximate surface area is 169 Å². The number of carbonyl (C=O) groups excluding carboxylic acids is 1. The lowest BCUT2D eigenvalue weighted by Crippen LogP contribution is -2.27. The smallest absolute Gasteiger partial charge is 0.262 e. The SMILES string of the molecule is CCn1c(SC(C)C(=O)Nc2ncc(Cl)cc2Cl)nc2ccccc2c1=O. The molecular weight excluding hydrogens is 407 g/mol. The summed E-state index contributed by atoms with van der Waals surface area (Å²) in [6.45, 7) is 4.05. The second-order valence-corrected chi connectivity index (χ2v) is 7.85. The molecular formula is C18H16Cl2N4O2S. The fraction of sp³-hybridized carbons (Fsp3) is 0.222. The average molecular weight is 423 g/mol. The number of fused-ring (bicyclic) bond motifs is 1. The Morgan fingerprint density at radius 2 is 2.07 bits per heavy atom. The Kier molecular flexibility index (Phi) is 6.04. The number of thioether (sulfide) groups is 1. The number of nitrogens with one attached hydrogen (secondary N) is 1. The highest BCUT2D eigenvalue weighted by Gasteiger charge is 2.20. The van der Waals surface area contributed by atoms with E-state index in [-0.39, 0.29) is 22.3 Å². The van der Waals surface area contributed by atoms with E-state index < -0.39 is 5.25 Å². The summed E-state index contributed by atoms with van der Waals surface area (Å²) < 4.78 is 1.56. The van der Waals surface area contributed by atoms with E-state index >= 15 is 0 Å². The molecule has 1 amide bonds. The van der Waals surface area contributed by atoms with Crippen LogP contribution in [0.3, 0.4) is 0 Å². The lowest BCUT2D eigenvalue weighted by Gasteiger charge is -2.15. The van der Waals surface area contributed by atoms with Gasteiger partial charge in [-0.2, -0.15) is 0 Å². The van der Waals surface area contributed by atoms with Gasteiger partial charge in [0.2, 0.25) is 5.91 Å². The van der Waals surface area contributed by atoms with Crippen molar-refractivity contribution in [2.24, 2.45) is 0 Å². The number of pyridine rings is 1.